The summed E-state index contributed by atoms with van der Waals surface area (Å²) in [6.07, 6.45) is 3.49. The summed E-state index contributed by atoms with van der Waals surface area (Å²) >= 11 is 6.15. The van der Waals surface area contributed by atoms with E-state index in [9.17, 15) is 0 Å². The van der Waals surface area contributed by atoms with E-state index < -0.39 is 0 Å². The normalized spacial score (nSPS) is 12.7. The molecule has 1 unspecified atom stereocenters. The summed E-state index contributed by atoms with van der Waals surface area (Å²) in [7, 11) is 0. The number of halogens is 1. The van der Waals surface area contributed by atoms with Gasteiger partial charge in [0.25, 0.3) is 0 Å². The molecule has 2 rings (SSSR count). The molecule has 0 amide bonds. The average molecular weight is 264 g/mol. The van der Waals surface area contributed by atoms with Crippen LogP contribution >= 0.6 is 11.6 Å². The molecule has 0 spiro atoms. The summed E-state index contributed by atoms with van der Waals surface area (Å²) < 4.78 is 5.19. The highest BCUT2D eigenvalue weighted by Gasteiger charge is 2.17. The van der Waals surface area contributed by atoms with Crippen molar-refractivity contribution >= 4 is 11.6 Å². The number of rotatable bonds is 4. The Labute approximate surface area is 113 Å². The predicted molar refractivity (Wildman–Crippen MR) is 75.2 cm³/mol. The first-order valence-electron chi connectivity index (χ1n) is 6.15. The lowest BCUT2D eigenvalue weighted by molar-refractivity contribution is 0.552. The third-order valence-corrected chi connectivity index (χ3v) is 3.55. The topological polar surface area (TPSA) is 25.2 Å². The van der Waals surface area contributed by atoms with Crippen LogP contribution in [0.1, 0.15) is 35.2 Å². The Bertz CT molecular complexity index is 520. The van der Waals surface area contributed by atoms with Gasteiger partial charge in [-0.3, -0.25) is 0 Å². The summed E-state index contributed by atoms with van der Waals surface area (Å²) in [6, 6.07) is 6.33. The Hall–Kier alpha value is -1.25. The average Bonchev–Trinajstić information content (AvgIpc) is 2.85. The standard InChI is InChI=1S/C15H18ClNO/c1-4-17-15(12-5-6-18-9-12)13-7-11(3)14(16)8-10(13)2/h5-9,15,17H,4H2,1-3H3. The van der Waals surface area contributed by atoms with Crippen LogP contribution in [0.15, 0.2) is 35.1 Å². The van der Waals surface area contributed by atoms with Crippen LogP contribution in [0.2, 0.25) is 5.02 Å². The Morgan fingerprint density at radius 2 is 2.06 bits per heavy atom. The molecule has 2 nitrogen and oxygen atoms in total. The second-order valence-electron chi connectivity index (χ2n) is 4.51. The van der Waals surface area contributed by atoms with Crippen LogP contribution in [-0.2, 0) is 0 Å². The molecule has 18 heavy (non-hydrogen) atoms. The van der Waals surface area contributed by atoms with Gasteiger partial charge in [-0.1, -0.05) is 24.6 Å². The maximum absolute atomic E-state index is 6.15. The van der Waals surface area contributed by atoms with Crippen molar-refractivity contribution in [3.05, 3.63) is 58.0 Å². The molecule has 1 heterocycles. The zero-order valence-electron chi connectivity index (χ0n) is 11.0. The molecule has 0 aliphatic carbocycles. The van der Waals surface area contributed by atoms with Gasteiger partial charge >= 0.3 is 0 Å². The second-order valence-corrected chi connectivity index (χ2v) is 4.91. The number of aryl methyl sites for hydroxylation is 2. The molecule has 0 saturated carbocycles. The first-order chi connectivity index (χ1) is 8.63. The SMILES string of the molecule is CCNC(c1ccoc1)c1cc(C)c(Cl)cc1C. The van der Waals surface area contributed by atoms with Gasteiger partial charge in [0.15, 0.2) is 0 Å². The van der Waals surface area contributed by atoms with E-state index in [1.54, 1.807) is 12.5 Å². The van der Waals surface area contributed by atoms with Crippen molar-refractivity contribution in [3.63, 3.8) is 0 Å². The minimum Gasteiger partial charge on any atom is -0.472 e. The van der Waals surface area contributed by atoms with Crippen molar-refractivity contribution in [2.45, 2.75) is 26.8 Å². The number of nitrogens with one attached hydrogen (secondary N) is 1. The predicted octanol–water partition coefficient (Wildman–Crippen LogP) is 4.25. The van der Waals surface area contributed by atoms with Crippen LogP contribution in [-0.4, -0.2) is 6.54 Å². The summed E-state index contributed by atoms with van der Waals surface area (Å²) in [4.78, 5) is 0. The highest BCUT2D eigenvalue weighted by molar-refractivity contribution is 6.31. The van der Waals surface area contributed by atoms with Crippen molar-refractivity contribution in [1.29, 1.82) is 0 Å². The number of hydrogen-bond donors (Lipinski definition) is 1. The molecule has 0 aliphatic rings. The molecule has 0 bridgehead atoms. The largest absolute Gasteiger partial charge is 0.472 e. The fourth-order valence-electron chi connectivity index (χ4n) is 2.17. The number of benzene rings is 1. The molecule has 3 heteroatoms. The van der Waals surface area contributed by atoms with Crippen LogP contribution in [0.4, 0.5) is 0 Å². The molecule has 1 N–H and O–H groups in total. The second kappa shape index (κ2) is 5.59. The quantitative estimate of drug-likeness (QED) is 0.892. The Kier molecular flexibility index (Phi) is 4.10. The number of furan rings is 1. The van der Waals surface area contributed by atoms with Gasteiger partial charge < -0.3 is 9.73 Å². The third-order valence-electron chi connectivity index (χ3n) is 3.14. The molecular weight excluding hydrogens is 246 g/mol. The van der Waals surface area contributed by atoms with Crippen LogP contribution in [0.3, 0.4) is 0 Å². The van der Waals surface area contributed by atoms with Gasteiger partial charge in [-0.2, -0.15) is 0 Å². The minimum absolute atomic E-state index is 0.157. The fraction of sp³-hybridized carbons (Fsp3) is 0.333. The van der Waals surface area contributed by atoms with Crippen LogP contribution < -0.4 is 5.32 Å². The molecule has 0 saturated heterocycles. The van der Waals surface area contributed by atoms with E-state index in [2.05, 4.69) is 25.2 Å². The van der Waals surface area contributed by atoms with Crippen molar-refractivity contribution in [1.82, 2.24) is 5.32 Å². The molecule has 2 aromatic rings. The zero-order valence-corrected chi connectivity index (χ0v) is 11.7. The first kappa shape index (κ1) is 13.2. The van der Waals surface area contributed by atoms with Crippen molar-refractivity contribution in [2.75, 3.05) is 6.54 Å². The van der Waals surface area contributed by atoms with Gasteiger partial charge in [-0.15, -0.1) is 0 Å². The van der Waals surface area contributed by atoms with Gasteiger partial charge in [-0.05, 0) is 49.2 Å². The van der Waals surface area contributed by atoms with E-state index in [0.29, 0.717) is 0 Å². The maximum atomic E-state index is 6.15. The van der Waals surface area contributed by atoms with Crippen molar-refractivity contribution < 1.29 is 4.42 Å². The van der Waals surface area contributed by atoms with E-state index in [1.807, 2.05) is 19.1 Å². The molecule has 0 aliphatic heterocycles. The third kappa shape index (κ3) is 2.60. The molecule has 1 atom stereocenters. The molecule has 0 radical (unpaired) electrons. The summed E-state index contributed by atoms with van der Waals surface area (Å²) in [5, 5.41) is 4.30. The van der Waals surface area contributed by atoms with Gasteiger partial charge in [0.05, 0.1) is 18.6 Å². The monoisotopic (exact) mass is 263 g/mol. The summed E-state index contributed by atoms with van der Waals surface area (Å²) in [6.45, 7) is 7.12. The lowest BCUT2D eigenvalue weighted by Crippen LogP contribution is -2.22. The van der Waals surface area contributed by atoms with E-state index in [0.717, 1.165) is 22.7 Å². The molecule has 96 valence electrons. The Morgan fingerprint density at radius 3 is 2.67 bits per heavy atom. The maximum Gasteiger partial charge on any atom is 0.0953 e. The smallest absolute Gasteiger partial charge is 0.0953 e. The highest BCUT2D eigenvalue weighted by Crippen LogP contribution is 2.29. The lowest BCUT2D eigenvalue weighted by Gasteiger charge is -2.20. The molecule has 0 fully saturated rings. The minimum atomic E-state index is 0.157. The van der Waals surface area contributed by atoms with E-state index >= 15 is 0 Å². The lowest BCUT2D eigenvalue weighted by atomic mass is 9.95. The number of hydrogen-bond acceptors (Lipinski definition) is 2. The molecular formula is C15H18ClNO. The van der Waals surface area contributed by atoms with E-state index in [4.69, 9.17) is 16.0 Å². The first-order valence-corrected chi connectivity index (χ1v) is 6.53. The fourth-order valence-corrected chi connectivity index (χ4v) is 2.38. The van der Waals surface area contributed by atoms with Gasteiger partial charge in [-0.25, -0.2) is 0 Å². The van der Waals surface area contributed by atoms with Crippen molar-refractivity contribution in [2.24, 2.45) is 0 Å². The van der Waals surface area contributed by atoms with Crippen LogP contribution in [0.5, 0.6) is 0 Å². The van der Waals surface area contributed by atoms with Crippen LogP contribution in [0.25, 0.3) is 0 Å². The highest BCUT2D eigenvalue weighted by atomic mass is 35.5. The van der Waals surface area contributed by atoms with Crippen molar-refractivity contribution in [3.8, 4) is 0 Å². The van der Waals surface area contributed by atoms with E-state index in [1.165, 1.54) is 11.1 Å². The Morgan fingerprint density at radius 1 is 1.28 bits per heavy atom. The van der Waals surface area contributed by atoms with Gasteiger partial charge in [0.2, 0.25) is 0 Å². The summed E-state index contributed by atoms with van der Waals surface area (Å²) in [5.41, 5.74) is 4.68. The van der Waals surface area contributed by atoms with Crippen LogP contribution in [0, 0.1) is 13.8 Å². The van der Waals surface area contributed by atoms with Gasteiger partial charge in [0.1, 0.15) is 0 Å². The molecule has 1 aromatic carbocycles. The molecule has 1 aromatic heterocycles. The Balaban J connectivity index is 2.46. The van der Waals surface area contributed by atoms with Gasteiger partial charge in [0, 0.05) is 10.6 Å². The summed E-state index contributed by atoms with van der Waals surface area (Å²) in [5.74, 6) is 0. The zero-order chi connectivity index (χ0) is 13.1. The van der Waals surface area contributed by atoms with E-state index in [-0.39, 0.29) is 6.04 Å².